The molecule has 0 spiro atoms. The summed E-state index contributed by atoms with van der Waals surface area (Å²) in [6.07, 6.45) is 3.59. The van der Waals surface area contributed by atoms with Gasteiger partial charge >= 0.3 is 0 Å². The van der Waals surface area contributed by atoms with E-state index in [1.807, 2.05) is 36.5 Å². The molecule has 3 rings (SSSR count). The largest absolute Gasteiger partial charge is 0.351 e. The first kappa shape index (κ1) is 18.7. The molecule has 26 heavy (non-hydrogen) atoms. The molecule has 0 aliphatic heterocycles. The third-order valence-electron chi connectivity index (χ3n) is 3.68. The molecule has 2 aromatic carbocycles. The van der Waals surface area contributed by atoms with E-state index in [2.05, 4.69) is 26.3 Å². The molecule has 0 radical (unpaired) electrons. The highest BCUT2D eigenvalue weighted by atomic mass is 79.9. The zero-order valence-corrected chi connectivity index (χ0v) is 16.3. The fourth-order valence-electron chi connectivity index (χ4n) is 2.37. The molecule has 0 fully saturated rings. The van der Waals surface area contributed by atoms with Crippen molar-refractivity contribution >= 4 is 33.6 Å². The Morgan fingerprint density at radius 1 is 1.23 bits per heavy atom. The summed E-state index contributed by atoms with van der Waals surface area (Å²) >= 11 is 4.62. The molecule has 0 atom stereocenters. The van der Waals surface area contributed by atoms with Crippen molar-refractivity contribution in [1.82, 2.24) is 15.1 Å². The molecule has 0 unspecified atom stereocenters. The molecule has 0 saturated carbocycles. The van der Waals surface area contributed by atoms with Crippen molar-refractivity contribution in [2.75, 3.05) is 5.75 Å². The monoisotopic (exact) mass is 433 g/mol. The van der Waals surface area contributed by atoms with Gasteiger partial charge in [0, 0.05) is 29.2 Å². The second-order valence-corrected chi connectivity index (χ2v) is 7.53. The normalized spacial score (nSPS) is 10.7. The van der Waals surface area contributed by atoms with Gasteiger partial charge in [-0.25, -0.2) is 9.07 Å². The number of thioether (sulfide) groups is 1. The highest BCUT2D eigenvalue weighted by Gasteiger charge is 2.06. The van der Waals surface area contributed by atoms with Crippen LogP contribution in [-0.4, -0.2) is 21.4 Å². The summed E-state index contributed by atoms with van der Waals surface area (Å²) in [5, 5.41) is 7.09. The second-order valence-electron chi connectivity index (χ2n) is 5.63. The number of amides is 1. The topological polar surface area (TPSA) is 46.9 Å². The lowest BCUT2D eigenvalue weighted by Gasteiger charge is -2.08. The predicted molar refractivity (Wildman–Crippen MR) is 106 cm³/mol. The summed E-state index contributed by atoms with van der Waals surface area (Å²) in [5.74, 6) is 0.412. The third-order valence-corrected chi connectivity index (χ3v) is 5.15. The van der Waals surface area contributed by atoms with Gasteiger partial charge in [-0.15, -0.1) is 11.8 Å². The van der Waals surface area contributed by atoms with Gasteiger partial charge in [-0.1, -0.05) is 34.1 Å². The van der Waals surface area contributed by atoms with Crippen LogP contribution in [-0.2, 0) is 17.1 Å². The first-order valence-corrected chi connectivity index (χ1v) is 9.94. The highest BCUT2D eigenvalue weighted by molar-refractivity contribution is 9.10. The van der Waals surface area contributed by atoms with Crippen LogP contribution in [0.4, 0.5) is 4.39 Å². The molecule has 134 valence electrons. The van der Waals surface area contributed by atoms with Crippen LogP contribution < -0.4 is 5.32 Å². The summed E-state index contributed by atoms with van der Waals surface area (Å²) < 4.78 is 16.2. The van der Waals surface area contributed by atoms with Gasteiger partial charge in [-0.2, -0.15) is 5.10 Å². The van der Waals surface area contributed by atoms with E-state index in [1.165, 1.54) is 17.8 Å². The Morgan fingerprint density at radius 2 is 2.12 bits per heavy atom. The van der Waals surface area contributed by atoms with Gasteiger partial charge in [0.1, 0.15) is 5.82 Å². The number of rotatable bonds is 7. The maximum absolute atomic E-state index is 13.7. The maximum Gasteiger partial charge on any atom is 0.230 e. The van der Waals surface area contributed by atoms with Crippen LogP contribution in [0.2, 0.25) is 0 Å². The summed E-state index contributed by atoms with van der Waals surface area (Å²) in [4.78, 5) is 12.0. The first-order chi connectivity index (χ1) is 12.6. The zero-order chi connectivity index (χ0) is 18.4. The zero-order valence-electron chi connectivity index (χ0n) is 13.9. The van der Waals surface area contributed by atoms with Crippen LogP contribution in [0, 0.1) is 5.82 Å². The molecule has 4 nitrogen and oxygen atoms in total. The molecule has 0 aliphatic carbocycles. The van der Waals surface area contributed by atoms with Gasteiger partial charge in [0.2, 0.25) is 5.91 Å². The molecule has 1 amide bonds. The minimum absolute atomic E-state index is 0.0722. The van der Waals surface area contributed by atoms with Crippen molar-refractivity contribution in [3.05, 3.63) is 82.3 Å². The summed E-state index contributed by atoms with van der Waals surface area (Å²) in [6, 6.07) is 14.7. The second kappa shape index (κ2) is 9.00. The molecule has 1 heterocycles. The molecule has 1 aromatic heterocycles. The van der Waals surface area contributed by atoms with Gasteiger partial charge < -0.3 is 5.32 Å². The van der Waals surface area contributed by atoms with Crippen LogP contribution in [0.25, 0.3) is 5.69 Å². The number of nitrogens with one attached hydrogen (secondary N) is 1. The molecule has 1 N–H and O–H groups in total. The van der Waals surface area contributed by atoms with E-state index in [0.29, 0.717) is 22.3 Å². The molecule has 0 aliphatic rings. The Morgan fingerprint density at radius 3 is 2.88 bits per heavy atom. The molecular weight excluding hydrogens is 417 g/mol. The number of aromatic nitrogens is 2. The minimum Gasteiger partial charge on any atom is -0.351 e. The smallest absolute Gasteiger partial charge is 0.230 e. The standard InChI is InChI=1S/C19H17BrFN3OS/c20-16-6-5-15(18(21)10-16)12-26-13-19(25)22-11-14-3-1-4-17(9-14)24-8-2-7-23-24/h1-10H,11-13H2,(H,22,25). The van der Waals surface area contributed by atoms with E-state index in [-0.39, 0.29) is 17.5 Å². The lowest BCUT2D eigenvalue weighted by atomic mass is 10.2. The lowest BCUT2D eigenvalue weighted by molar-refractivity contribution is -0.118. The number of hydrogen-bond donors (Lipinski definition) is 1. The number of benzene rings is 2. The number of nitrogens with zero attached hydrogens (tertiary/aromatic N) is 2. The van der Waals surface area contributed by atoms with Gasteiger partial charge in [0.05, 0.1) is 11.4 Å². The predicted octanol–water partition coefficient (Wildman–Crippen LogP) is 4.32. The van der Waals surface area contributed by atoms with Crippen LogP contribution in [0.1, 0.15) is 11.1 Å². The van der Waals surface area contributed by atoms with E-state index in [0.717, 1.165) is 11.3 Å². The van der Waals surface area contributed by atoms with Gasteiger partial charge in [-0.05, 0) is 41.5 Å². The van der Waals surface area contributed by atoms with Crippen LogP contribution in [0.5, 0.6) is 0 Å². The molecule has 3 aromatic rings. The van der Waals surface area contributed by atoms with E-state index >= 15 is 0 Å². The average Bonchev–Trinajstić information content (AvgIpc) is 3.17. The molecule has 0 bridgehead atoms. The van der Waals surface area contributed by atoms with Crippen molar-refractivity contribution < 1.29 is 9.18 Å². The summed E-state index contributed by atoms with van der Waals surface area (Å²) in [6.45, 7) is 0.446. The third kappa shape index (κ3) is 5.19. The molecule has 0 saturated heterocycles. The Labute approximate surface area is 163 Å². The summed E-state index contributed by atoms with van der Waals surface area (Å²) in [5.41, 5.74) is 2.54. The van der Waals surface area contributed by atoms with Crippen molar-refractivity contribution in [2.24, 2.45) is 0 Å². The Hall–Kier alpha value is -2.12. The maximum atomic E-state index is 13.7. The molecular formula is C19H17BrFN3OS. The fourth-order valence-corrected chi connectivity index (χ4v) is 3.55. The van der Waals surface area contributed by atoms with Gasteiger partial charge in [0.15, 0.2) is 0 Å². The van der Waals surface area contributed by atoms with Crippen molar-refractivity contribution in [3.8, 4) is 5.69 Å². The Balaban J connectivity index is 1.46. The van der Waals surface area contributed by atoms with E-state index < -0.39 is 0 Å². The van der Waals surface area contributed by atoms with Gasteiger partial charge in [-0.3, -0.25) is 4.79 Å². The average molecular weight is 434 g/mol. The first-order valence-electron chi connectivity index (χ1n) is 7.99. The van der Waals surface area contributed by atoms with E-state index in [1.54, 1.807) is 23.0 Å². The number of carbonyl (C=O) groups is 1. The Kier molecular flexibility index (Phi) is 6.46. The van der Waals surface area contributed by atoms with Crippen LogP contribution in [0.15, 0.2) is 65.4 Å². The number of carbonyl (C=O) groups excluding carboxylic acids is 1. The van der Waals surface area contributed by atoms with E-state index in [4.69, 9.17) is 0 Å². The number of hydrogen-bond acceptors (Lipinski definition) is 3. The molecule has 7 heteroatoms. The fraction of sp³-hybridized carbons (Fsp3) is 0.158. The lowest BCUT2D eigenvalue weighted by Crippen LogP contribution is -2.24. The minimum atomic E-state index is -0.261. The number of halogens is 2. The van der Waals surface area contributed by atoms with Crippen LogP contribution in [0.3, 0.4) is 0 Å². The van der Waals surface area contributed by atoms with Gasteiger partial charge in [0.25, 0.3) is 0 Å². The van der Waals surface area contributed by atoms with E-state index in [9.17, 15) is 9.18 Å². The van der Waals surface area contributed by atoms with Crippen molar-refractivity contribution in [1.29, 1.82) is 0 Å². The van der Waals surface area contributed by atoms with Crippen LogP contribution >= 0.6 is 27.7 Å². The SMILES string of the molecule is O=C(CSCc1ccc(Br)cc1F)NCc1cccc(-n2cccn2)c1. The summed E-state index contributed by atoms with van der Waals surface area (Å²) in [7, 11) is 0. The van der Waals surface area contributed by atoms with Crippen molar-refractivity contribution in [3.63, 3.8) is 0 Å². The highest BCUT2D eigenvalue weighted by Crippen LogP contribution is 2.19. The Bertz CT molecular complexity index is 886. The van der Waals surface area contributed by atoms with Crippen molar-refractivity contribution in [2.45, 2.75) is 12.3 Å². The quantitative estimate of drug-likeness (QED) is 0.603.